The molecular formula is C25H33N3O3. The highest BCUT2D eigenvalue weighted by atomic mass is 16.2. The van der Waals surface area contributed by atoms with Gasteiger partial charge in [-0.1, -0.05) is 30.3 Å². The van der Waals surface area contributed by atoms with Gasteiger partial charge in [0.05, 0.1) is 6.04 Å². The van der Waals surface area contributed by atoms with E-state index in [1.165, 1.54) is 0 Å². The zero-order valence-corrected chi connectivity index (χ0v) is 18.5. The van der Waals surface area contributed by atoms with Crippen LogP contribution in [-0.2, 0) is 14.4 Å². The lowest BCUT2D eigenvalue weighted by Crippen LogP contribution is -2.63. The van der Waals surface area contributed by atoms with Crippen molar-refractivity contribution in [1.29, 1.82) is 0 Å². The van der Waals surface area contributed by atoms with Crippen molar-refractivity contribution in [2.24, 2.45) is 34.3 Å². The summed E-state index contributed by atoms with van der Waals surface area (Å²) in [6.45, 7) is 4.41. The number of nitrogens with zero attached hydrogens (tertiary/aromatic N) is 1. The minimum absolute atomic E-state index is 0.0556. The second-order valence-electron chi connectivity index (χ2n) is 10.8. The summed E-state index contributed by atoms with van der Waals surface area (Å²) in [5.41, 5.74) is 5.48. The Morgan fingerprint density at radius 2 is 1.77 bits per heavy atom. The van der Waals surface area contributed by atoms with E-state index in [1.807, 2.05) is 42.2 Å². The van der Waals surface area contributed by atoms with Crippen molar-refractivity contribution in [2.45, 2.75) is 64.5 Å². The fraction of sp³-hybridized carbons (Fsp3) is 0.640. The molecule has 1 aromatic carbocycles. The minimum Gasteiger partial charge on any atom is -0.369 e. The van der Waals surface area contributed by atoms with Gasteiger partial charge in [0, 0.05) is 18.0 Å². The van der Waals surface area contributed by atoms with Gasteiger partial charge in [0.25, 0.3) is 0 Å². The zero-order valence-electron chi connectivity index (χ0n) is 18.5. The predicted octanol–water partition coefficient (Wildman–Crippen LogP) is 2.78. The quantitative estimate of drug-likeness (QED) is 0.713. The molecule has 1 aromatic rings. The molecule has 6 rings (SSSR count). The second kappa shape index (κ2) is 7.07. The Balaban J connectivity index is 1.30. The van der Waals surface area contributed by atoms with E-state index >= 15 is 0 Å². The van der Waals surface area contributed by atoms with Crippen LogP contribution in [0.4, 0.5) is 0 Å². The number of rotatable bonds is 5. The highest BCUT2D eigenvalue weighted by Gasteiger charge is 2.59. The molecule has 31 heavy (non-hydrogen) atoms. The molecule has 1 aliphatic heterocycles. The summed E-state index contributed by atoms with van der Waals surface area (Å²) in [4.78, 5) is 40.8. The average Bonchev–Trinajstić information content (AvgIpc) is 3.06. The summed E-state index contributed by atoms with van der Waals surface area (Å²) < 4.78 is 0. The molecule has 6 nitrogen and oxygen atoms in total. The molecule has 5 fully saturated rings. The topological polar surface area (TPSA) is 92.5 Å². The maximum atomic E-state index is 13.4. The van der Waals surface area contributed by atoms with E-state index in [4.69, 9.17) is 5.73 Å². The van der Waals surface area contributed by atoms with Gasteiger partial charge in [-0.25, -0.2) is 0 Å². The summed E-state index contributed by atoms with van der Waals surface area (Å²) in [5.74, 6) is 0.734. The van der Waals surface area contributed by atoms with Crippen LogP contribution in [0.1, 0.15) is 64.0 Å². The predicted molar refractivity (Wildman–Crippen MR) is 116 cm³/mol. The normalized spacial score (nSPS) is 39.5. The Hall–Kier alpha value is -2.37. The van der Waals surface area contributed by atoms with Crippen LogP contribution < -0.4 is 11.1 Å². The molecule has 0 radical (unpaired) electrons. The first-order valence-electron chi connectivity index (χ1n) is 11.7. The maximum absolute atomic E-state index is 13.4. The zero-order chi connectivity index (χ0) is 22.0. The molecule has 6 heteroatoms. The van der Waals surface area contributed by atoms with E-state index in [0.29, 0.717) is 30.7 Å². The van der Waals surface area contributed by atoms with Crippen molar-refractivity contribution >= 4 is 17.7 Å². The summed E-state index contributed by atoms with van der Waals surface area (Å²) in [6, 6.07) is 9.97. The summed E-state index contributed by atoms with van der Waals surface area (Å²) in [7, 11) is 0. The van der Waals surface area contributed by atoms with Gasteiger partial charge >= 0.3 is 0 Å². The van der Waals surface area contributed by atoms with Crippen LogP contribution in [0.2, 0.25) is 0 Å². The first-order valence-corrected chi connectivity index (χ1v) is 11.7. The Kier molecular flexibility index (Phi) is 4.68. The number of likely N-dealkylation sites (tertiary alicyclic amines) is 1. The van der Waals surface area contributed by atoms with Crippen LogP contribution in [0, 0.1) is 28.6 Å². The molecule has 3 amide bonds. The van der Waals surface area contributed by atoms with Crippen molar-refractivity contribution in [2.75, 3.05) is 6.54 Å². The Morgan fingerprint density at radius 1 is 1.13 bits per heavy atom. The summed E-state index contributed by atoms with van der Waals surface area (Å²) >= 11 is 0. The Labute approximate surface area is 183 Å². The molecule has 7 atom stereocenters. The molecule has 4 bridgehead atoms. The van der Waals surface area contributed by atoms with Gasteiger partial charge in [0.1, 0.15) is 5.41 Å². The molecule has 0 spiro atoms. The molecule has 4 unspecified atom stereocenters. The number of benzene rings is 1. The highest BCUT2D eigenvalue weighted by molar-refractivity contribution is 6.06. The Bertz CT molecular complexity index is 900. The third-order valence-corrected chi connectivity index (χ3v) is 8.93. The fourth-order valence-corrected chi connectivity index (χ4v) is 7.23. The summed E-state index contributed by atoms with van der Waals surface area (Å²) in [6.07, 6.45) is 5.12. The Morgan fingerprint density at radius 3 is 2.39 bits per heavy atom. The third-order valence-electron chi connectivity index (χ3n) is 8.93. The number of primary amides is 1. The van der Waals surface area contributed by atoms with Gasteiger partial charge in [-0.15, -0.1) is 0 Å². The highest BCUT2D eigenvalue weighted by Crippen LogP contribution is 2.60. The van der Waals surface area contributed by atoms with Crippen molar-refractivity contribution in [3.63, 3.8) is 0 Å². The van der Waals surface area contributed by atoms with Gasteiger partial charge < -0.3 is 16.0 Å². The van der Waals surface area contributed by atoms with Crippen molar-refractivity contribution in [1.82, 2.24) is 10.2 Å². The number of carbonyl (C=O) groups is 3. The van der Waals surface area contributed by atoms with Gasteiger partial charge in [-0.05, 0) is 75.7 Å². The van der Waals surface area contributed by atoms with Gasteiger partial charge in [-0.2, -0.15) is 0 Å². The number of carbonyl (C=O) groups excluding carboxylic acids is 3. The number of nitrogens with one attached hydrogen (secondary N) is 1. The van der Waals surface area contributed by atoms with Crippen molar-refractivity contribution < 1.29 is 14.4 Å². The molecule has 4 saturated carbocycles. The molecule has 3 N–H and O–H groups in total. The number of hydrogen-bond acceptors (Lipinski definition) is 3. The molecule has 166 valence electrons. The number of hydrogen-bond donors (Lipinski definition) is 2. The van der Waals surface area contributed by atoms with E-state index in [0.717, 1.165) is 37.7 Å². The van der Waals surface area contributed by atoms with Crippen molar-refractivity contribution in [3.8, 4) is 0 Å². The molecule has 1 saturated heterocycles. The first-order chi connectivity index (χ1) is 14.7. The molecule has 5 aliphatic rings. The SMILES string of the molecule is C[C@H](c1ccccc1)N1CCC(C)(C(=O)NC2[C@@H]3CC4C[C@H]2CC(C(N)=O)(C4)C3)C1=O. The van der Waals surface area contributed by atoms with E-state index in [1.54, 1.807) is 6.92 Å². The van der Waals surface area contributed by atoms with E-state index < -0.39 is 5.41 Å². The standard InChI is InChI=1S/C25H33N3O3/c1-15(17-6-4-3-5-7-17)28-9-8-24(2,23(28)31)22(30)27-20-18-10-16-11-19(20)14-25(12-16,13-18)21(26)29/h3-7,15-16,18-20H,8-14H2,1-2H3,(H2,26,29)(H,27,30)/t15-,16?,18-,19+,20?,24?,25?/m1/s1. The van der Waals surface area contributed by atoms with Crippen LogP contribution in [0.25, 0.3) is 0 Å². The lowest BCUT2D eigenvalue weighted by Gasteiger charge is -2.59. The molecular weight excluding hydrogens is 390 g/mol. The fourth-order valence-electron chi connectivity index (χ4n) is 7.23. The minimum atomic E-state index is -1.03. The average molecular weight is 424 g/mol. The summed E-state index contributed by atoms with van der Waals surface area (Å²) in [5, 5.41) is 3.29. The lowest BCUT2D eigenvalue weighted by molar-refractivity contribution is -0.151. The van der Waals surface area contributed by atoms with E-state index in [2.05, 4.69) is 5.32 Å². The van der Waals surface area contributed by atoms with Crippen LogP contribution in [-0.4, -0.2) is 35.2 Å². The first kappa shape index (κ1) is 20.5. The smallest absolute Gasteiger partial charge is 0.238 e. The van der Waals surface area contributed by atoms with Crippen LogP contribution in [0.3, 0.4) is 0 Å². The van der Waals surface area contributed by atoms with Crippen LogP contribution >= 0.6 is 0 Å². The lowest BCUT2D eigenvalue weighted by atomic mass is 9.47. The number of nitrogens with two attached hydrogens (primary N) is 1. The molecule has 4 aliphatic carbocycles. The maximum Gasteiger partial charge on any atom is 0.238 e. The van der Waals surface area contributed by atoms with Crippen LogP contribution in [0.5, 0.6) is 0 Å². The largest absolute Gasteiger partial charge is 0.369 e. The van der Waals surface area contributed by atoms with Crippen molar-refractivity contribution in [3.05, 3.63) is 35.9 Å². The monoisotopic (exact) mass is 423 g/mol. The third kappa shape index (κ3) is 3.09. The van der Waals surface area contributed by atoms with Crippen LogP contribution in [0.15, 0.2) is 30.3 Å². The number of amides is 3. The second-order valence-corrected chi connectivity index (χ2v) is 10.8. The van der Waals surface area contributed by atoms with Gasteiger partial charge in [0.15, 0.2) is 0 Å². The molecule has 1 heterocycles. The van der Waals surface area contributed by atoms with E-state index in [-0.39, 0.29) is 35.2 Å². The van der Waals surface area contributed by atoms with E-state index in [9.17, 15) is 14.4 Å². The van der Waals surface area contributed by atoms with Gasteiger partial charge in [0.2, 0.25) is 17.7 Å². The molecule has 0 aromatic heterocycles. The van der Waals surface area contributed by atoms with Gasteiger partial charge in [-0.3, -0.25) is 14.4 Å².